The Morgan fingerprint density at radius 2 is 2.30 bits per heavy atom. The Kier molecular flexibility index (Phi) is 6.68. The van der Waals surface area contributed by atoms with Crippen LogP contribution in [0.2, 0.25) is 0 Å². The molecule has 0 aliphatic heterocycles. The molecule has 2 heterocycles. The molecule has 23 heavy (non-hydrogen) atoms. The van der Waals surface area contributed by atoms with Gasteiger partial charge in [-0.1, -0.05) is 30.0 Å². The Balaban J connectivity index is 1.89. The topological polar surface area (TPSA) is 110 Å². The number of hydrogen-bond donors (Lipinski definition) is 2. The van der Waals surface area contributed by atoms with Gasteiger partial charge in [0.2, 0.25) is 11.0 Å². The average Bonchev–Trinajstić information content (AvgIpc) is 2.92. The molecule has 0 unspecified atom stereocenters. The predicted octanol–water partition coefficient (Wildman–Crippen LogP) is 1.45. The van der Waals surface area contributed by atoms with E-state index in [2.05, 4.69) is 32.4 Å². The van der Waals surface area contributed by atoms with Crippen LogP contribution >= 0.6 is 23.1 Å². The number of aryl methyl sites for hydroxylation is 1. The predicted molar refractivity (Wildman–Crippen MR) is 88.8 cm³/mol. The zero-order valence-electron chi connectivity index (χ0n) is 12.8. The number of H-pyrrole nitrogens is 1. The summed E-state index contributed by atoms with van der Waals surface area (Å²) in [6.07, 6.45) is 1.83. The Morgan fingerprint density at radius 3 is 3.04 bits per heavy atom. The van der Waals surface area contributed by atoms with Crippen molar-refractivity contribution in [3.63, 3.8) is 0 Å². The van der Waals surface area contributed by atoms with E-state index in [1.165, 1.54) is 24.5 Å². The summed E-state index contributed by atoms with van der Waals surface area (Å²) in [6.45, 7) is 2.30. The minimum Gasteiger partial charge on any atom is -0.378 e. The van der Waals surface area contributed by atoms with Crippen LogP contribution in [0.5, 0.6) is 0 Å². The Hall–Kier alpha value is -1.78. The minimum atomic E-state index is -0.275. The van der Waals surface area contributed by atoms with Crippen LogP contribution in [0.15, 0.2) is 16.0 Å². The van der Waals surface area contributed by atoms with Gasteiger partial charge >= 0.3 is 0 Å². The number of carbonyl (C=O) groups excluding carboxylic acids is 1. The van der Waals surface area contributed by atoms with Crippen LogP contribution in [0, 0.1) is 0 Å². The molecule has 10 heteroatoms. The summed E-state index contributed by atoms with van der Waals surface area (Å²) in [6, 6.07) is 1.37. The number of hydrogen-bond acceptors (Lipinski definition) is 8. The van der Waals surface area contributed by atoms with Crippen molar-refractivity contribution in [3.05, 3.63) is 27.1 Å². The second-order valence-corrected chi connectivity index (χ2v) is 6.59. The Morgan fingerprint density at radius 1 is 1.48 bits per heavy atom. The van der Waals surface area contributed by atoms with E-state index in [1.807, 2.05) is 0 Å². The van der Waals surface area contributed by atoms with E-state index in [0.29, 0.717) is 16.0 Å². The van der Waals surface area contributed by atoms with E-state index in [4.69, 9.17) is 4.74 Å². The highest BCUT2D eigenvalue weighted by molar-refractivity contribution is 7.99. The number of rotatable bonds is 8. The van der Waals surface area contributed by atoms with Gasteiger partial charge in [0.1, 0.15) is 5.01 Å². The molecule has 0 aliphatic rings. The van der Waals surface area contributed by atoms with Crippen molar-refractivity contribution in [2.75, 3.05) is 18.2 Å². The number of methoxy groups -OCH3 is 1. The Labute approximate surface area is 141 Å². The van der Waals surface area contributed by atoms with Crippen molar-refractivity contribution in [2.45, 2.75) is 31.5 Å². The summed E-state index contributed by atoms with van der Waals surface area (Å²) in [5.74, 6) is -0.115. The van der Waals surface area contributed by atoms with Crippen molar-refractivity contribution in [1.82, 2.24) is 20.2 Å². The van der Waals surface area contributed by atoms with Gasteiger partial charge in [0, 0.05) is 19.6 Å². The van der Waals surface area contributed by atoms with Crippen LogP contribution in [-0.4, -0.2) is 38.9 Å². The number of nitrogens with one attached hydrogen (secondary N) is 2. The Bertz CT molecular complexity index is 716. The molecule has 0 saturated carbocycles. The lowest BCUT2D eigenvalue weighted by atomic mass is 10.4. The van der Waals surface area contributed by atoms with Gasteiger partial charge in [-0.2, -0.15) is 0 Å². The molecule has 8 nitrogen and oxygen atoms in total. The molecular formula is C13H17N5O3S2. The maximum atomic E-state index is 11.9. The van der Waals surface area contributed by atoms with Crippen molar-refractivity contribution >= 4 is 34.1 Å². The summed E-state index contributed by atoms with van der Waals surface area (Å²) >= 11 is 2.51. The monoisotopic (exact) mass is 355 g/mol. The fourth-order valence-corrected chi connectivity index (χ4v) is 3.23. The van der Waals surface area contributed by atoms with Gasteiger partial charge in [-0.05, 0) is 6.42 Å². The molecule has 0 radical (unpaired) electrons. The van der Waals surface area contributed by atoms with Crippen molar-refractivity contribution < 1.29 is 9.53 Å². The molecule has 124 valence electrons. The third kappa shape index (κ3) is 5.73. The highest BCUT2D eigenvalue weighted by Gasteiger charge is 2.10. The zero-order valence-corrected chi connectivity index (χ0v) is 14.4. The first-order valence-electron chi connectivity index (χ1n) is 6.95. The summed E-state index contributed by atoms with van der Waals surface area (Å²) in [4.78, 5) is 30.2. The molecule has 2 aromatic heterocycles. The number of nitrogens with zero attached hydrogens (tertiary/aromatic N) is 3. The van der Waals surface area contributed by atoms with E-state index < -0.39 is 0 Å². The summed E-state index contributed by atoms with van der Waals surface area (Å²) in [7, 11) is 1.53. The summed E-state index contributed by atoms with van der Waals surface area (Å²) in [5, 5.41) is 12.4. The maximum absolute atomic E-state index is 11.9. The van der Waals surface area contributed by atoms with E-state index in [0.717, 1.165) is 29.6 Å². The molecule has 2 N–H and O–H groups in total. The standard InChI is InChI=1S/C13H17N5O3S2/c1-3-4-11-17-18-13(23-11)16-10(20)7-22-12-14-8(6-21-2)5-9(19)15-12/h5H,3-4,6-7H2,1-2H3,(H,14,15,19)(H,16,18,20). The number of anilines is 1. The van der Waals surface area contributed by atoms with Gasteiger partial charge in [0.05, 0.1) is 18.1 Å². The lowest BCUT2D eigenvalue weighted by Crippen LogP contribution is -2.16. The van der Waals surface area contributed by atoms with E-state index in [1.54, 1.807) is 0 Å². The minimum absolute atomic E-state index is 0.113. The molecule has 0 aliphatic carbocycles. The molecule has 0 atom stereocenters. The third-order valence-electron chi connectivity index (χ3n) is 2.58. The third-order valence-corrected chi connectivity index (χ3v) is 4.35. The molecule has 1 amide bonds. The smallest absolute Gasteiger partial charge is 0.251 e. The first kappa shape index (κ1) is 17.6. The molecular weight excluding hydrogens is 338 g/mol. The fraction of sp³-hybridized carbons (Fsp3) is 0.462. The number of thioether (sulfide) groups is 1. The second-order valence-electron chi connectivity index (χ2n) is 4.56. The first-order chi connectivity index (χ1) is 11.1. The van der Waals surface area contributed by atoms with E-state index >= 15 is 0 Å². The first-order valence-corrected chi connectivity index (χ1v) is 8.75. The van der Waals surface area contributed by atoms with Gasteiger partial charge in [-0.3, -0.25) is 14.9 Å². The van der Waals surface area contributed by atoms with Crippen molar-refractivity contribution in [2.24, 2.45) is 0 Å². The zero-order chi connectivity index (χ0) is 16.7. The molecule has 0 saturated heterocycles. The van der Waals surface area contributed by atoms with Gasteiger partial charge in [-0.25, -0.2) is 4.98 Å². The SMILES string of the molecule is CCCc1nnc(NC(=O)CSc2nc(COC)cc(=O)[nH]2)s1. The van der Waals surface area contributed by atoms with Crippen LogP contribution in [0.4, 0.5) is 5.13 Å². The normalized spacial score (nSPS) is 10.7. The number of aromatic amines is 1. The van der Waals surface area contributed by atoms with Crippen LogP contribution < -0.4 is 10.9 Å². The highest BCUT2D eigenvalue weighted by atomic mass is 32.2. The van der Waals surface area contributed by atoms with Crippen LogP contribution in [0.1, 0.15) is 24.0 Å². The van der Waals surface area contributed by atoms with Gasteiger partial charge in [-0.15, -0.1) is 10.2 Å². The van der Waals surface area contributed by atoms with Crippen LogP contribution in [0.3, 0.4) is 0 Å². The molecule has 0 bridgehead atoms. The van der Waals surface area contributed by atoms with Crippen LogP contribution in [-0.2, 0) is 22.6 Å². The maximum Gasteiger partial charge on any atom is 0.251 e. The number of carbonyl (C=O) groups is 1. The van der Waals surface area contributed by atoms with Crippen LogP contribution in [0.25, 0.3) is 0 Å². The van der Waals surface area contributed by atoms with Gasteiger partial charge < -0.3 is 9.72 Å². The number of aromatic nitrogens is 4. The fourth-order valence-electron chi connectivity index (χ4n) is 1.68. The molecule has 2 aromatic rings. The lowest BCUT2D eigenvalue weighted by molar-refractivity contribution is -0.113. The molecule has 0 aromatic carbocycles. The second kappa shape index (κ2) is 8.75. The van der Waals surface area contributed by atoms with Crippen molar-refractivity contribution in [1.29, 1.82) is 0 Å². The number of amides is 1. The quantitative estimate of drug-likeness (QED) is 0.545. The van der Waals surface area contributed by atoms with E-state index in [9.17, 15) is 9.59 Å². The average molecular weight is 355 g/mol. The van der Waals surface area contributed by atoms with Crippen molar-refractivity contribution in [3.8, 4) is 0 Å². The summed E-state index contributed by atoms with van der Waals surface area (Å²) < 4.78 is 4.95. The summed E-state index contributed by atoms with van der Waals surface area (Å²) in [5.41, 5.74) is 0.246. The molecule has 0 fully saturated rings. The molecule has 0 spiro atoms. The largest absolute Gasteiger partial charge is 0.378 e. The number of ether oxygens (including phenoxy) is 1. The van der Waals surface area contributed by atoms with Gasteiger partial charge in [0.25, 0.3) is 5.56 Å². The highest BCUT2D eigenvalue weighted by Crippen LogP contribution is 2.17. The molecule has 2 rings (SSSR count). The van der Waals surface area contributed by atoms with Gasteiger partial charge in [0.15, 0.2) is 5.16 Å². The van der Waals surface area contributed by atoms with E-state index in [-0.39, 0.29) is 23.8 Å². The lowest BCUT2D eigenvalue weighted by Gasteiger charge is -2.03.